The Morgan fingerprint density at radius 2 is 2.29 bits per heavy atom. The monoisotopic (exact) mass is 228 g/mol. The van der Waals surface area contributed by atoms with E-state index in [9.17, 15) is 4.79 Å². The summed E-state index contributed by atoms with van der Waals surface area (Å²) in [5, 5.41) is 12.2. The lowest BCUT2D eigenvalue weighted by Gasteiger charge is -2.07. The van der Waals surface area contributed by atoms with E-state index in [-0.39, 0.29) is 5.91 Å². The van der Waals surface area contributed by atoms with Crippen molar-refractivity contribution in [1.29, 1.82) is 5.26 Å². The highest BCUT2D eigenvalue weighted by Gasteiger charge is 2.16. The third kappa shape index (κ3) is 2.13. The number of hydrogen-bond acceptors (Lipinski definition) is 3. The maximum Gasteiger partial charge on any atom is 0.256 e. The normalized spacial score (nSPS) is 12.0. The summed E-state index contributed by atoms with van der Waals surface area (Å²) < 4.78 is 5.28. The first-order valence-corrected chi connectivity index (χ1v) is 5.43. The molecule has 4 heteroatoms. The molecule has 0 aliphatic heterocycles. The minimum Gasteiger partial charge on any atom is -0.463 e. The van der Waals surface area contributed by atoms with Gasteiger partial charge in [-0.2, -0.15) is 5.26 Å². The molecule has 1 N–H and O–H groups in total. The molecule has 0 spiro atoms. The van der Waals surface area contributed by atoms with Gasteiger partial charge in [-0.15, -0.1) is 0 Å². The van der Waals surface area contributed by atoms with E-state index in [4.69, 9.17) is 9.68 Å². The minimum absolute atomic E-state index is 0.275. The van der Waals surface area contributed by atoms with Gasteiger partial charge in [0.2, 0.25) is 0 Å². The van der Waals surface area contributed by atoms with Crippen molar-refractivity contribution in [3.63, 3.8) is 0 Å². The molecule has 0 aliphatic carbocycles. The highest BCUT2D eigenvalue weighted by molar-refractivity contribution is 6.06. The summed E-state index contributed by atoms with van der Waals surface area (Å²) in [6, 6.07) is 8.88. The zero-order chi connectivity index (χ0) is 12.3. The summed E-state index contributed by atoms with van der Waals surface area (Å²) in [6.07, 6.45) is 2.00. The Balaban J connectivity index is 2.28. The molecule has 4 nitrogen and oxygen atoms in total. The van der Waals surface area contributed by atoms with Crippen molar-refractivity contribution in [2.45, 2.75) is 19.4 Å². The molecule has 2 aromatic rings. The van der Waals surface area contributed by atoms with E-state index in [2.05, 4.69) is 5.32 Å². The van der Waals surface area contributed by atoms with Crippen LogP contribution in [0.1, 0.15) is 23.7 Å². The summed E-state index contributed by atoms with van der Waals surface area (Å²) in [5.74, 6) is -0.275. The third-order valence-electron chi connectivity index (χ3n) is 2.60. The molecular formula is C13H12N2O2. The number of nitrogens with one attached hydrogen (secondary N) is 1. The molecule has 2 rings (SSSR count). The molecule has 0 fully saturated rings. The molecule has 1 amide bonds. The molecule has 1 atom stereocenters. The first-order valence-electron chi connectivity index (χ1n) is 5.43. The van der Waals surface area contributed by atoms with Gasteiger partial charge in [0, 0.05) is 5.39 Å². The molecule has 0 saturated carbocycles. The number of nitrogens with zero attached hydrogens (tertiary/aromatic N) is 1. The number of furan rings is 1. The summed E-state index contributed by atoms with van der Waals surface area (Å²) >= 11 is 0. The fraction of sp³-hybridized carbons (Fsp3) is 0.231. The summed E-state index contributed by atoms with van der Waals surface area (Å²) in [5.41, 5.74) is 1.14. The van der Waals surface area contributed by atoms with Gasteiger partial charge in [0.1, 0.15) is 17.9 Å². The Morgan fingerprint density at radius 1 is 1.53 bits per heavy atom. The van der Waals surface area contributed by atoms with Crippen LogP contribution in [0.5, 0.6) is 0 Å². The van der Waals surface area contributed by atoms with Crippen molar-refractivity contribution in [1.82, 2.24) is 5.32 Å². The fourth-order valence-corrected chi connectivity index (χ4v) is 1.62. The van der Waals surface area contributed by atoms with Crippen molar-refractivity contribution < 1.29 is 9.21 Å². The third-order valence-corrected chi connectivity index (χ3v) is 2.60. The molecule has 1 unspecified atom stereocenters. The van der Waals surface area contributed by atoms with Gasteiger partial charge in [0.25, 0.3) is 5.91 Å². The van der Waals surface area contributed by atoms with Gasteiger partial charge in [-0.3, -0.25) is 4.79 Å². The molecule has 0 aliphatic rings. The SMILES string of the molecule is CCC(C#N)NC(=O)c1coc2ccccc12. The smallest absolute Gasteiger partial charge is 0.256 e. The lowest BCUT2D eigenvalue weighted by molar-refractivity contribution is 0.0945. The van der Waals surface area contributed by atoms with Crippen LogP contribution in [-0.4, -0.2) is 11.9 Å². The van der Waals surface area contributed by atoms with E-state index in [1.54, 1.807) is 6.07 Å². The van der Waals surface area contributed by atoms with E-state index in [1.807, 2.05) is 31.2 Å². The van der Waals surface area contributed by atoms with Crippen molar-refractivity contribution in [2.75, 3.05) is 0 Å². The summed E-state index contributed by atoms with van der Waals surface area (Å²) in [6.45, 7) is 1.85. The van der Waals surface area contributed by atoms with Crippen LogP contribution < -0.4 is 5.32 Å². The van der Waals surface area contributed by atoms with Crippen LogP contribution in [0, 0.1) is 11.3 Å². The Hall–Kier alpha value is -2.28. The Labute approximate surface area is 98.8 Å². The van der Waals surface area contributed by atoms with Gasteiger partial charge >= 0.3 is 0 Å². The standard InChI is InChI=1S/C13H12N2O2/c1-2-9(7-14)15-13(16)11-8-17-12-6-4-3-5-10(11)12/h3-6,8-9H,2H2,1H3,(H,15,16). The van der Waals surface area contributed by atoms with E-state index in [0.717, 1.165) is 5.39 Å². The van der Waals surface area contributed by atoms with Crippen LogP contribution >= 0.6 is 0 Å². The fourth-order valence-electron chi connectivity index (χ4n) is 1.62. The maximum atomic E-state index is 11.9. The van der Waals surface area contributed by atoms with Crippen LogP contribution in [0.15, 0.2) is 34.9 Å². The zero-order valence-electron chi connectivity index (χ0n) is 9.43. The molecule has 0 saturated heterocycles. The van der Waals surface area contributed by atoms with Gasteiger partial charge in [-0.05, 0) is 12.5 Å². The first kappa shape index (κ1) is 11.2. The number of hydrogen-bond donors (Lipinski definition) is 1. The number of benzene rings is 1. The van der Waals surface area contributed by atoms with Gasteiger partial charge in [0.05, 0.1) is 11.6 Å². The number of nitriles is 1. The Bertz CT molecular complexity index is 580. The molecular weight excluding hydrogens is 216 g/mol. The molecule has 17 heavy (non-hydrogen) atoms. The summed E-state index contributed by atoms with van der Waals surface area (Å²) in [4.78, 5) is 11.9. The second-order valence-electron chi connectivity index (χ2n) is 3.71. The predicted molar refractivity (Wildman–Crippen MR) is 63.4 cm³/mol. The van der Waals surface area contributed by atoms with E-state index < -0.39 is 6.04 Å². The Kier molecular flexibility index (Phi) is 3.10. The molecule has 1 aromatic carbocycles. The average Bonchev–Trinajstić information content (AvgIpc) is 2.79. The quantitative estimate of drug-likeness (QED) is 0.877. The lowest BCUT2D eigenvalue weighted by Crippen LogP contribution is -2.32. The molecule has 0 bridgehead atoms. The van der Waals surface area contributed by atoms with E-state index >= 15 is 0 Å². The summed E-state index contributed by atoms with van der Waals surface area (Å²) in [7, 11) is 0. The number of rotatable bonds is 3. The molecule has 86 valence electrons. The van der Waals surface area contributed by atoms with Crippen LogP contribution in [0.4, 0.5) is 0 Å². The number of amides is 1. The van der Waals surface area contributed by atoms with Crippen molar-refractivity contribution in [3.05, 3.63) is 36.1 Å². The van der Waals surface area contributed by atoms with Crippen LogP contribution in [-0.2, 0) is 0 Å². The zero-order valence-corrected chi connectivity index (χ0v) is 9.43. The van der Waals surface area contributed by atoms with Crippen LogP contribution in [0.3, 0.4) is 0 Å². The largest absolute Gasteiger partial charge is 0.463 e. The van der Waals surface area contributed by atoms with Gasteiger partial charge < -0.3 is 9.73 Å². The number of fused-ring (bicyclic) bond motifs is 1. The number of carbonyl (C=O) groups excluding carboxylic acids is 1. The number of para-hydroxylation sites is 1. The Morgan fingerprint density at radius 3 is 3.00 bits per heavy atom. The molecule has 0 radical (unpaired) electrons. The average molecular weight is 228 g/mol. The van der Waals surface area contributed by atoms with Crippen LogP contribution in [0.2, 0.25) is 0 Å². The van der Waals surface area contributed by atoms with E-state index in [0.29, 0.717) is 17.6 Å². The van der Waals surface area contributed by atoms with Crippen LogP contribution in [0.25, 0.3) is 11.0 Å². The van der Waals surface area contributed by atoms with Gasteiger partial charge in [-0.1, -0.05) is 25.1 Å². The molecule has 1 heterocycles. The van der Waals surface area contributed by atoms with Gasteiger partial charge in [0.15, 0.2) is 0 Å². The minimum atomic E-state index is -0.462. The highest BCUT2D eigenvalue weighted by Crippen LogP contribution is 2.20. The highest BCUT2D eigenvalue weighted by atomic mass is 16.3. The van der Waals surface area contributed by atoms with Crippen molar-refractivity contribution in [3.8, 4) is 6.07 Å². The van der Waals surface area contributed by atoms with Gasteiger partial charge in [-0.25, -0.2) is 0 Å². The second kappa shape index (κ2) is 4.71. The first-order chi connectivity index (χ1) is 8.26. The topological polar surface area (TPSA) is 66.0 Å². The predicted octanol–water partition coefficient (Wildman–Crippen LogP) is 2.46. The van der Waals surface area contributed by atoms with E-state index in [1.165, 1.54) is 6.26 Å². The van der Waals surface area contributed by atoms with Crippen molar-refractivity contribution >= 4 is 16.9 Å². The number of carbonyl (C=O) groups is 1. The maximum absolute atomic E-state index is 11.9. The molecule has 1 aromatic heterocycles. The van der Waals surface area contributed by atoms with Crippen molar-refractivity contribution in [2.24, 2.45) is 0 Å². The lowest BCUT2D eigenvalue weighted by atomic mass is 10.1. The second-order valence-corrected chi connectivity index (χ2v) is 3.71.